The molecule has 0 radical (unpaired) electrons. The molecule has 1 aromatic carbocycles. The molecule has 0 atom stereocenters. The first-order valence-electron chi connectivity index (χ1n) is 9.85. The van der Waals surface area contributed by atoms with Crippen LogP contribution in [-0.4, -0.2) is 43.5 Å². The summed E-state index contributed by atoms with van der Waals surface area (Å²) in [6, 6.07) is 5.73. The van der Waals surface area contributed by atoms with Gasteiger partial charge in [-0.2, -0.15) is 0 Å². The predicted octanol–water partition coefficient (Wildman–Crippen LogP) is 1.64. The Bertz CT molecular complexity index is 1310. The number of sulfonamides is 1. The van der Waals surface area contributed by atoms with Crippen molar-refractivity contribution >= 4 is 32.3 Å². The Morgan fingerprint density at radius 1 is 1.25 bits per heavy atom. The highest BCUT2D eigenvalue weighted by atomic mass is 32.2. The number of aryl methyl sites for hydroxylation is 1. The standard InChI is InChI=1S/C20H21N3O7S2/c1-13-12-31-20-22-14(9-18(24)23(13)20)11-30-19(25)3-2-6-21-32(26,27)15-4-5-16-17(10-15)29-8-7-28-16/h4-5,9-10,12,21H,2-3,6-8,11H2,1H3. The average molecular weight is 480 g/mol. The van der Waals surface area contributed by atoms with Crippen LogP contribution in [0.2, 0.25) is 0 Å². The number of rotatable bonds is 8. The van der Waals surface area contributed by atoms with E-state index in [1.165, 1.54) is 33.9 Å². The normalized spacial score (nSPS) is 13.3. The maximum atomic E-state index is 12.5. The fraction of sp³-hybridized carbons (Fsp3) is 0.350. The van der Waals surface area contributed by atoms with Gasteiger partial charge in [0.25, 0.3) is 5.56 Å². The van der Waals surface area contributed by atoms with Gasteiger partial charge in [-0.1, -0.05) is 0 Å². The number of fused-ring (bicyclic) bond motifs is 2. The maximum absolute atomic E-state index is 12.5. The lowest BCUT2D eigenvalue weighted by Crippen LogP contribution is -2.25. The molecule has 3 heterocycles. The van der Waals surface area contributed by atoms with E-state index in [0.29, 0.717) is 35.4 Å². The van der Waals surface area contributed by atoms with Crippen LogP contribution in [0.15, 0.2) is 39.3 Å². The zero-order chi connectivity index (χ0) is 22.7. The van der Waals surface area contributed by atoms with Crippen molar-refractivity contribution in [1.29, 1.82) is 0 Å². The molecule has 0 saturated carbocycles. The van der Waals surface area contributed by atoms with E-state index in [1.807, 2.05) is 12.3 Å². The molecule has 0 spiro atoms. The van der Waals surface area contributed by atoms with E-state index < -0.39 is 16.0 Å². The van der Waals surface area contributed by atoms with Crippen LogP contribution in [-0.2, 0) is 26.2 Å². The molecule has 10 nitrogen and oxygen atoms in total. The van der Waals surface area contributed by atoms with Crippen LogP contribution in [0, 0.1) is 6.92 Å². The van der Waals surface area contributed by atoms with Crippen LogP contribution in [0.1, 0.15) is 24.2 Å². The molecule has 0 aliphatic carbocycles. The van der Waals surface area contributed by atoms with Crippen molar-refractivity contribution in [3.8, 4) is 11.5 Å². The second-order valence-corrected chi connectivity index (χ2v) is 9.65. The van der Waals surface area contributed by atoms with E-state index in [1.54, 1.807) is 6.07 Å². The third-order valence-corrected chi connectivity index (χ3v) is 7.09. The summed E-state index contributed by atoms with van der Waals surface area (Å²) in [4.78, 5) is 29.0. The first-order chi connectivity index (χ1) is 15.3. The molecule has 32 heavy (non-hydrogen) atoms. The van der Waals surface area contributed by atoms with Crippen molar-refractivity contribution < 1.29 is 27.4 Å². The van der Waals surface area contributed by atoms with Gasteiger partial charge in [-0.3, -0.25) is 14.0 Å². The van der Waals surface area contributed by atoms with Crippen LogP contribution in [0.5, 0.6) is 11.5 Å². The number of hydrogen-bond donors (Lipinski definition) is 1. The van der Waals surface area contributed by atoms with E-state index >= 15 is 0 Å². The van der Waals surface area contributed by atoms with E-state index in [0.717, 1.165) is 5.69 Å². The summed E-state index contributed by atoms with van der Waals surface area (Å²) in [5.74, 6) is 0.378. The molecule has 3 aromatic rings. The Kier molecular flexibility index (Phi) is 6.44. The minimum Gasteiger partial charge on any atom is -0.486 e. The monoisotopic (exact) mass is 479 g/mol. The summed E-state index contributed by atoms with van der Waals surface area (Å²) in [5, 5.41) is 1.82. The summed E-state index contributed by atoms with van der Waals surface area (Å²) in [7, 11) is -3.75. The van der Waals surface area contributed by atoms with Crippen molar-refractivity contribution in [2.24, 2.45) is 0 Å². The lowest BCUT2D eigenvalue weighted by Gasteiger charge is -2.18. The van der Waals surface area contributed by atoms with Crippen LogP contribution in [0.3, 0.4) is 0 Å². The second-order valence-electron chi connectivity index (χ2n) is 7.05. The molecule has 1 aliphatic heterocycles. The zero-order valence-corrected chi connectivity index (χ0v) is 18.8. The highest BCUT2D eigenvalue weighted by Gasteiger charge is 2.19. The minimum absolute atomic E-state index is 0.0169. The second kappa shape index (κ2) is 9.27. The number of ether oxygens (including phenoxy) is 3. The molecule has 0 unspecified atom stereocenters. The van der Waals surface area contributed by atoms with E-state index in [4.69, 9.17) is 14.2 Å². The molecule has 0 saturated heterocycles. The van der Waals surface area contributed by atoms with Gasteiger partial charge >= 0.3 is 5.97 Å². The van der Waals surface area contributed by atoms with Gasteiger partial charge in [-0.15, -0.1) is 11.3 Å². The number of esters is 1. The number of benzene rings is 1. The highest BCUT2D eigenvalue weighted by Crippen LogP contribution is 2.32. The summed E-state index contributed by atoms with van der Waals surface area (Å²) in [5.41, 5.74) is 0.933. The van der Waals surface area contributed by atoms with E-state index in [-0.39, 0.29) is 36.4 Å². The first kappa shape index (κ1) is 22.2. The minimum atomic E-state index is -3.75. The number of nitrogens with one attached hydrogen (secondary N) is 1. The Labute approximate surface area is 187 Å². The van der Waals surface area contributed by atoms with Gasteiger partial charge < -0.3 is 14.2 Å². The maximum Gasteiger partial charge on any atom is 0.306 e. The number of thiazole rings is 1. The van der Waals surface area contributed by atoms with Crippen molar-refractivity contribution in [2.45, 2.75) is 31.3 Å². The van der Waals surface area contributed by atoms with Gasteiger partial charge in [-0.05, 0) is 25.5 Å². The quantitative estimate of drug-likeness (QED) is 0.382. The Balaban J connectivity index is 1.25. The molecule has 2 aromatic heterocycles. The summed E-state index contributed by atoms with van der Waals surface area (Å²) >= 11 is 1.33. The summed E-state index contributed by atoms with van der Waals surface area (Å²) in [6.07, 6.45) is 0.269. The van der Waals surface area contributed by atoms with Gasteiger partial charge in [0, 0.05) is 36.2 Å². The molecule has 12 heteroatoms. The third kappa shape index (κ3) is 4.92. The number of carbonyl (C=O) groups excluding carboxylic acids is 1. The predicted molar refractivity (Wildman–Crippen MR) is 116 cm³/mol. The van der Waals surface area contributed by atoms with Gasteiger partial charge in [-0.25, -0.2) is 18.1 Å². The number of aromatic nitrogens is 2. The van der Waals surface area contributed by atoms with Crippen molar-refractivity contribution in [2.75, 3.05) is 19.8 Å². The largest absolute Gasteiger partial charge is 0.486 e. The highest BCUT2D eigenvalue weighted by molar-refractivity contribution is 7.89. The molecule has 1 N–H and O–H groups in total. The topological polar surface area (TPSA) is 125 Å². The van der Waals surface area contributed by atoms with Crippen LogP contribution in [0.25, 0.3) is 4.96 Å². The Hall–Kier alpha value is -2.96. The SMILES string of the molecule is Cc1csc2nc(COC(=O)CCCNS(=O)(=O)c3ccc4c(c3)OCCO4)cc(=O)n12. The van der Waals surface area contributed by atoms with Crippen LogP contribution in [0.4, 0.5) is 0 Å². The van der Waals surface area contributed by atoms with Gasteiger partial charge in [0.1, 0.15) is 19.8 Å². The van der Waals surface area contributed by atoms with Gasteiger partial charge in [0.15, 0.2) is 16.5 Å². The van der Waals surface area contributed by atoms with Crippen molar-refractivity contribution in [1.82, 2.24) is 14.1 Å². The van der Waals surface area contributed by atoms with Gasteiger partial charge in [0.05, 0.1) is 10.6 Å². The van der Waals surface area contributed by atoms with E-state index in [2.05, 4.69) is 9.71 Å². The Morgan fingerprint density at radius 3 is 2.84 bits per heavy atom. The zero-order valence-electron chi connectivity index (χ0n) is 17.2. The van der Waals surface area contributed by atoms with Crippen molar-refractivity contribution in [3.63, 3.8) is 0 Å². The van der Waals surface area contributed by atoms with Gasteiger partial charge in [0.2, 0.25) is 10.0 Å². The fourth-order valence-electron chi connectivity index (χ4n) is 3.11. The molecule has 0 bridgehead atoms. The van der Waals surface area contributed by atoms with Crippen LogP contribution < -0.4 is 19.8 Å². The third-order valence-electron chi connectivity index (χ3n) is 4.68. The molecule has 0 fully saturated rings. The molecule has 4 rings (SSSR count). The van der Waals surface area contributed by atoms with Crippen molar-refractivity contribution in [3.05, 3.63) is 51.4 Å². The van der Waals surface area contributed by atoms with Crippen LogP contribution >= 0.6 is 11.3 Å². The lowest BCUT2D eigenvalue weighted by molar-refractivity contribution is -0.145. The average Bonchev–Trinajstić information content (AvgIpc) is 3.16. The Morgan fingerprint density at radius 2 is 2.03 bits per heavy atom. The lowest BCUT2D eigenvalue weighted by atomic mass is 10.3. The first-order valence-corrected chi connectivity index (χ1v) is 12.2. The molecular weight excluding hydrogens is 458 g/mol. The fourth-order valence-corrected chi connectivity index (χ4v) is 5.09. The summed E-state index contributed by atoms with van der Waals surface area (Å²) in [6.45, 7) is 2.53. The molecule has 0 amide bonds. The summed E-state index contributed by atoms with van der Waals surface area (Å²) < 4.78 is 44.8. The molecule has 170 valence electrons. The number of carbonyl (C=O) groups is 1. The smallest absolute Gasteiger partial charge is 0.306 e. The molecule has 1 aliphatic rings. The van der Waals surface area contributed by atoms with E-state index in [9.17, 15) is 18.0 Å². The number of nitrogens with zero attached hydrogens (tertiary/aromatic N) is 2. The molecular formula is C20H21N3O7S2. The number of hydrogen-bond acceptors (Lipinski definition) is 9.